The predicted octanol–water partition coefficient (Wildman–Crippen LogP) is 6.69. The summed E-state index contributed by atoms with van der Waals surface area (Å²) in [5.41, 5.74) is 3.31. The first-order valence-corrected chi connectivity index (χ1v) is 12.7. The Balaban J connectivity index is 1.56. The summed E-state index contributed by atoms with van der Waals surface area (Å²) < 4.78 is 0. The van der Waals surface area contributed by atoms with E-state index in [1.807, 2.05) is 17.0 Å². The van der Waals surface area contributed by atoms with E-state index in [0.717, 1.165) is 40.2 Å². The zero-order valence-corrected chi connectivity index (χ0v) is 19.6. The van der Waals surface area contributed by atoms with Gasteiger partial charge in [0.15, 0.2) is 5.17 Å². The Hall–Kier alpha value is -2.18. The molecule has 1 saturated heterocycles. The molecule has 1 aliphatic carbocycles. The van der Waals surface area contributed by atoms with E-state index in [2.05, 4.69) is 55.1 Å². The van der Waals surface area contributed by atoms with Gasteiger partial charge in [-0.05, 0) is 62.7 Å². The van der Waals surface area contributed by atoms with Crippen molar-refractivity contribution < 1.29 is 4.79 Å². The molecule has 4 nitrogen and oxygen atoms in total. The maximum absolute atomic E-state index is 13.8. The van der Waals surface area contributed by atoms with Crippen molar-refractivity contribution in [2.45, 2.75) is 56.9 Å². The minimum Gasteiger partial charge on any atom is -0.334 e. The molecule has 160 valence electrons. The minimum atomic E-state index is 0.122. The van der Waals surface area contributed by atoms with Crippen LogP contribution in [0.4, 0.5) is 11.4 Å². The number of carbonyl (C=O) groups excluding carboxylic acids is 1. The number of thioether (sulfide) groups is 2. The van der Waals surface area contributed by atoms with Gasteiger partial charge in [0.05, 0.1) is 11.4 Å². The lowest BCUT2D eigenvalue weighted by Crippen LogP contribution is -2.40. The van der Waals surface area contributed by atoms with Gasteiger partial charge in [0.1, 0.15) is 9.93 Å². The fourth-order valence-electron chi connectivity index (χ4n) is 4.50. The highest BCUT2D eigenvalue weighted by Crippen LogP contribution is 2.51. The number of aliphatic imine (C=N–C) groups is 1. The van der Waals surface area contributed by atoms with Gasteiger partial charge in [0, 0.05) is 17.5 Å². The monoisotopic (exact) mass is 449 g/mol. The van der Waals surface area contributed by atoms with Crippen molar-refractivity contribution >= 4 is 46.0 Å². The van der Waals surface area contributed by atoms with Gasteiger partial charge in [-0.1, -0.05) is 60.9 Å². The molecular weight excluding hydrogens is 422 g/mol. The van der Waals surface area contributed by atoms with Gasteiger partial charge in [-0.15, -0.1) is 0 Å². The minimum absolute atomic E-state index is 0.122. The number of para-hydroxylation sites is 1. The lowest BCUT2D eigenvalue weighted by Gasteiger charge is -2.30. The van der Waals surface area contributed by atoms with Crippen molar-refractivity contribution in [3.05, 3.63) is 64.0 Å². The van der Waals surface area contributed by atoms with Crippen LogP contribution in [0.15, 0.2) is 68.4 Å². The summed E-state index contributed by atoms with van der Waals surface area (Å²) in [6.07, 6.45) is 5.76. The molecule has 0 bridgehead atoms. The third kappa shape index (κ3) is 3.92. The highest BCUT2D eigenvalue weighted by molar-refractivity contribution is 8.19. The number of amides is 1. The van der Waals surface area contributed by atoms with Crippen LogP contribution < -0.4 is 4.90 Å². The van der Waals surface area contributed by atoms with Crippen LogP contribution in [0, 0.1) is 6.92 Å². The number of anilines is 1. The predicted molar refractivity (Wildman–Crippen MR) is 132 cm³/mol. The van der Waals surface area contributed by atoms with Gasteiger partial charge in [0.2, 0.25) is 0 Å². The van der Waals surface area contributed by atoms with E-state index in [4.69, 9.17) is 4.99 Å². The van der Waals surface area contributed by atoms with Crippen LogP contribution >= 0.6 is 23.5 Å². The Kier molecular flexibility index (Phi) is 5.85. The largest absolute Gasteiger partial charge is 0.334 e. The normalized spacial score (nSPS) is 23.2. The van der Waals surface area contributed by atoms with Gasteiger partial charge >= 0.3 is 0 Å². The first-order chi connectivity index (χ1) is 15.2. The second-order valence-corrected chi connectivity index (χ2v) is 10.3. The van der Waals surface area contributed by atoms with E-state index in [1.54, 1.807) is 23.5 Å². The van der Waals surface area contributed by atoms with Crippen LogP contribution in [0.2, 0.25) is 0 Å². The standard InChI is InChI=1S/C25H27N3OS2/c1-3-27-20-11-7-8-12-21(20)30-24(27)22-23(29)28(19-9-5-4-6-10-19)25(31-22)26-18-15-13-17(2)14-16-18/h7-8,11-16,19H,3-6,9-10H2,1-2H3/b24-22-,26-25?. The topological polar surface area (TPSA) is 35.9 Å². The fourth-order valence-corrected chi connectivity index (χ4v) is 6.95. The first kappa shape index (κ1) is 20.7. The second kappa shape index (κ2) is 8.75. The summed E-state index contributed by atoms with van der Waals surface area (Å²) in [6.45, 7) is 5.06. The molecule has 0 spiro atoms. The number of hydrogen-bond acceptors (Lipinski definition) is 5. The molecule has 0 aromatic heterocycles. The molecule has 0 atom stereocenters. The number of benzene rings is 2. The molecule has 0 unspecified atom stereocenters. The number of hydrogen-bond donors (Lipinski definition) is 0. The van der Waals surface area contributed by atoms with E-state index < -0.39 is 0 Å². The van der Waals surface area contributed by atoms with Gasteiger partial charge in [-0.2, -0.15) is 0 Å². The van der Waals surface area contributed by atoms with Gasteiger partial charge in [-0.3, -0.25) is 9.69 Å². The summed E-state index contributed by atoms with van der Waals surface area (Å²) >= 11 is 3.26. The first-order valence-electron chi connectivity index (χ1n) is 11.1. The van der Waals surface area contributed by atoms with E-state index in [0.29, 0.717) is 0 Å². The van der Waals surface area contributed by atoms with Crippen molar-refractivity contribution in [3.8, 4) is 0 Å². The smallest absolute Gasteiger partial charge is 0.269 e. The molecule has 31 heavy (non-hydrogen) atoms. The van der Waals surface area contributed by atoms with Crippen molar-refractivity contribution in [3.63, 3.8) is 0 Å². The quantitative estimate of drug-likeness (QED) is 0.489. The Morgan fingerprint density at radius 1 is 1.00 bits per heavy atom. The molecule has 2 aromatic rings. The molecule has 1 saturated carbocycles. The van der Waals surface area contributed by atoms with Crippen molar-refractivity contribution in [1.82, 2.24) is 4.90 Å². The van der Waals surface area contributed by atoms with Crippen LogP contribution in [0.5, 0.6) is 0 Å². The molecule has 2 fully saturated rings. The van der Waals surface area contributed by atoms with Gasteiger partial charge < -0.3 is 4.90 Å². The van der Waals surface area contributed by atoms with Crippen molar-refractivity contribution in [1.29, 1.82) is 0 Å². The summed E-state index contributed by atoms with van der Waals surface area (Å²) in [4.78, 5) is 25.0. The number of nitrogens with zero attached hydrogens (tertiary/aromatic N) is 3. The summed E-state index contributed by atoms with van der Waals surface area (Å²) in [5.74, 6) is 0.122. The van der Waals surface area contributed by atoms with E-state index >= 15 is 0 Å². The maximum atomic E-state index is 13.8. The molecule has 6 heteroatoms. The lowest BCUT2D eigenvalue weighted by molar-refractivity contribution is -0.124. The SMILES string of the molecule is CCN1/C(=C2/SC(=Nc3ccc(C)cc3)N(C3CCCCC3)C2=O)Sc2ccccc21. The number of aryl methyl sites for hydroxylation is 1. The summed E-state index contributed by atoms with van der Waals surface area (Å²) in [7, 11) is 0. The summed E-state index contributed by atoms with van der Waals surface area (Å²) in [6, 6.07) is 16.9. The Morgan fingerprint density at radius 2 is 1.74 bits per heavy atom. The third-order valence-corrected chi connectivity index (χ3v) is 8.48. The molecule has 0 radical (unpaired) electrons. The third-order valence-electron chi connectivity index (χ3n) is 6.13. The van der Waals surface area contributed by atoms with E-state index in [1.165, 1.54) is 35.4 Å². The van der Waals surface area contributed by atoms with Crippen molar-refractivity contribution in [2.75, 3.05) is 11.4 Å². The molecule has 3 aliphatic rings. The van der Waals surface area contributed by atoms with Crippen LogP contribution in [-0.2, 0) is 4.79 Å². The highest BCUT2D eigenvalue weighted by Gasteiger charge is 2.42. The molecule has 2 aliphatic heterocycles. The molecule has 5 rings (SSSR count). The number of rotatable bonds is 3. The molecule has 2 aromatic carbocycles. The lowest BCUT2D eigenvalue weighted by atomic mass is 9.94. The Labute approximate surface area is 192 Å². The molecule has 2 heterocycles. The maximum Gasteiger partial charge on any atom is 0.269 e. The second-order valence-electron chi connectivity index (χ2n) is 8.25. The van der Waals surface area contributed by atoms with Crippen LogP contribution in [0.3, 0.4) is 0 Å². The Morgan fingerprint density at radius 3 is 2.48 bits per heavy atom. The van der Waals surface area contributed by atoms with Crippen LogP contribution in [0.25, 0.3) is 0 Å². The molecular formula is C25H27N3OS2. The zero-order chi connectivity index (χ0) is 21.4. The Bertz CT molecular complexity index is 1050. The zero-order valence-electron chi connectivity index (χ0n) is 18.0. The molecule has 1 amide bonds. The van der Waals surface area contributed by atoms with Crippen molar-refractivity contribution in [2.24, 2.45) is 4.99 Å². The average Bonchev–Trinajstić information content (AvgIpc) is 3.32. The van der Waals surface area contributed by atoms with E-state index in [9.17, 15) is 4.79 Å². The highest BCUT2D eigenvalue weighted by atomic mass is 32.2. The summed E-state index contributed by atoms with van der Waals surface area (Å²) in [5, 5.41) is 1.88. The fraction of sp³-hybridized carbons (Fsp3) is 0.360. The number of carbonyl (C=O) groups is 1. The van der Waals surface area contributed by atoms with Crippen LogP contribution in [-0.4, -0.2) is 28.6 Å². The van der Waals surface area contributed by atoms with Crippen LogP contribution in [0.1, 0.15) is 44.6 Å². The molecule has 0 N–H and O–H groups in total. The van der Waals surface area contributed by atoms with E-state index in [-0.39, 0.29) is 11.9 Å². The number of amidine groups is 1. The van der Waals surface area contributed by atoms with Gasteiger partial charge in [-0.25, -0.2) is 4.99 Å². The number of fused-ring (bicyclic) bond motifs is 1. The van der Waals surface area contributed by atoms with Gasteiger partial charge in [0.25, 0.3) is 5.91 Å². The average molecular weight is 450 g/mol.